The second-order valence-corrected chi connectivity index (χ2v) is 5.20. The third-order valence-electron chi connectivity index (χ3n) is 3.95. The number of rotatable bonds is 2. The Bertz CT molecular complexity index is 451. The van der Waals surface area contributed by atoms with E-state index in [-0.39, 0.29) is 17.7 Å². The van der Waals surface area contributed by atoms with Crippen LogP contribution < -0.4 is 5.32 Å². The first-order valence-corrected chi connectivity index (χ1v) is 6.87. The zero-order valence-electron chi connectivity index (χ0n) is 11.6. The molecule has 0 saturated carbocycles. The second kappa shape index (κ2) is 6.06. The number of hydrogen-bond donors (Lipinski definition) is 2. The Morgan fingerprint density at radius 2 is 2.16 bits per heavy atom. The number of phenols is 1. The fourth-order valence-corrected chi connectivity index (χ4v) is 2.60. The minimum atomic E-state index is 0.000278. The summed E-state index contributed by atoms with van der Waals surface area (Å²) in [6.07, 6.45) is 3.12. The van der Waals surface area contributed by atoms with Crippen molar-refractivity contribution in [2.45, 2.75) is 32.2 Å². The smallest absolute Gasteiger partial charge is 0.254 e. The van der Waals surface area contributed by atoms with E-state index in [0.717, 1.165) is 32.4 Å². The average molecular weight is 262 g/mol. The molecule has 1 aliphatic rings. The third kappa shape index (κ3) is 3.07. The second-order valence-electron chi connectivity index (χ2n) is 5.20. The maximum absolute atomic E-state index is 12.5. The molecule has 1 aromatic rings. The first-order chi connectivity index (χ1) is 9.11. The highest BCUT2D eigenvalue weighted by Gasteiger charge is 2.23. The van der Waals surface area contributed by atoms with Crippen LogP contribution in [0, 0.1) is 6.92 Å². The van der Waals surface area contributed by atoms with Gasteiger partial charge < -0.3 is 15.3 Å². The lowest BCUT2D eigenvalue weighted by Gasteiger charge is -2.27. The summed E-state index contributed by atoms with van der Waals surface area (Å²) in [5.41, 5.74) is 1.26. The van der Waals surface area contributed by atoms with Crippen LogP contribution in [-0.2, 0) is 0 Å². The Hall–Kier alpha value is -1.55. The Balaban J connectivity index is 2.15. The van der Waals surface area contributed by atoms with E-state index in [9.17, 15) is 9.90 Å². The molecule has 1 atom stereocenters. The van der Waals surface area contributed by atoms with Gasteiger partial charge in [-0.25, -0.2) is 0 Å². The van der Waals surface area contributed by atoms with Crippen LogP contribution >= 0.6 is 0 Å². The van der Waals surface area contributed by atoms with Gasteiger partial charge in [-0.3, -0.25) is 4.79 Å². The highest BCUT2D eigenvalue weighted by atomic mass is 16.3. The van der Waals surface area contributed by atoms with Crippen molar-refractivity contribution in [2.75, 3.05) is 20.1 Å². The van der Waals surface area contributed by atoms with E-state index in [0.29, 0.717) is 11.1 Å². The van der Waals surface area contributed by atoms with Gasteiger partial charge in [-0.05, 0) is 51.4 Å². The zero-order valence-corrected chi connectivity index (χ0v) is 11.6. The molecule has 1 aliphatic heterocycles. The molecular weight excluding hydrogens is 240 g/mol. The lowest BCUT2D eigenvalue weighted by molar-refractivity contribution is 0.0719. The van der Waals surface area contributed by atoms with Gasteiger partial charge in [-0.15, -0.1) is 0 Å². The fourth-order valence-electron chi connectivity index (χ4n) is 2.60. The summed E-state index contributed by atoms with van der Waals surface area (Å²) in [5.74, 6) is 0.182. The van der Waals surface area contributed by atoms with Gasteiger partial charge in [0.05, 0.1) is 0 Å². The van der Waals surface area contributed by atoms with Gasteiger partial charge in [0, 0.05) is 24.2 Å². The van der Waals surface area contributed by atoms with Gasteiger partial charge in [0.25, 0.3) is 5.91 Å². The molecule has 4 heteroatoms. The highest BCUT2D eigenvalue weighted by Crippen LogP contribution is 2.22. The van der Waals surface area contributed by atoms with Crippen molar-refractivity contribution in [3.05, 3.63) is 29.3 Å². The number of carbonyl (C=O) groups is 1. The molecular formula is C15H22N2O2. The summed E-state index contributed by atoms with van der Waals surface area (Å²) < 4.78 is 0. The number of phenolic OH excluding ortho intramolecular Hbond substituents is 1. The first-order valence-electron chi connectivity index (χ1n) is 6.87. The first kappa shape index (κ1) is 13.9. The highest BCUT2D eigenvalue weighted by molar-refractivity contribution is 5.96. The normalized spacial score (nSPS) is 19.8. The van der Waals surface area contributed by atoms with Crippen LogP contribution in [0.4, 0.5) is 0 Å². The minimum absolute atomic E-state index is 0.000278. The summed E-state index contributed by atoms with van der Waals surface area (Å²) in [7, 11) is 1.86. The number of carbonyl (C=O) groups excluding carboxylic acids is 1. The maximum Gasteiger partial charge on any atom is 0.254 e. The van der Waals surface area contributed by atoms with Gasteiger partial charge in [-0.2, -0.15) is 0 Å². The van der Waals surface area contributed by atoms with E-state index in [1.54, 1.807) is 25.1 Å². The predicted octanol–water partition coefficient (Wildman–Crippen LogP) is 1.91. The molecule has 104 valence electrons. The van der Waals surface area contributed by atoms with Crippen LogP contribution in [0.5, 0.6) is 5.75 Å². The van der Waals surface area contributed by atoms with Gasteiger partial charge in [0.15, 0.2) is 0 Å². The minimum Gasteiger partial charge on any atom is -0.508 e. The third-order valence-corrected chi connectivity index (χ3v) is 3.95. The maximum atomic E-state index is 12.5. The number of benzene rings is 1. The molecule has 2 N–H and O–H groups in total. The van der Waals surface area contributed by atoms with E-state index >= 15 is 0 Å². The molecule has 1 fully saturated rings. The van der Waals surface area contributed by atoms with Crippen molar-refractivity contribution in [3.8, 4) is 5.75 Å². The van der Waals surface area contributed by atoms with Gasteiger partial charge in [0.2, 0.25) is 0 Å². The van der Waals surface area contributed by atoms with E-state index in [1.165, 1.54) is 0 Å². The molecule has 0 bridgehead atoms. The molecule has 1 unspecified atom stereocenters. The molecule has 2 rings (SSSR count). The number of aromatic hydroxyl groups is 1. The number of amides is 1. The zero-order chi connectivity index (χ0) is 13.8. The molecule has 0 spiro atoms. The van der Waals surface area contributed by atoms with Crippen LogP contribution in [0.3, 0.4) is 0 Å². The van der Waals surface area contributed by atoms with Crippen LogP contribution in [0.1, 0.15) is 35.2 Å². The van der Waals surface area contributed by atoms with E-state index in [2.05, 4.69) is 5.32 Å². The fraction of sp³-hybridized carbons (Fsp3) is 0.533. The van der Waals surface area contributed by atoms with Crippen LogP contribution in [0.25, 0.3) is 0 Å². The standard InChI is InChI=1S/C15H22N2O2/c1-11-13(6-3-7-14(11)18)15(19)17(2)12-5-4-9-16-10-8-12/h3,6-7,12,16,18H,4-5,8-10H2,1-2H3. The number of nitrogens with one attached hydrogen (secondary N) is 1. The summed E-state index contributed by atoms with van der Waals surface area (Å²) in [6.45, 7) is 3.77. The molecule has 1 saturated heterocycles. The van der Waals surface area contributed by atoms with Gasteiger partial charge in [-0.1, -0.05) is 6.07 Å². The largest absolute Gasteiger partial charge is 0.508 e. The molecule has 0 radical (unpaired) electrons. The van der Waals surface area contributed by atoms with Gasteiger partial charge >= 0.3 is 0 Å². The summed E-state index contributed by atoms with van der Waals surface area (Å²) >= 11 is 0. The van der Waals surface area contributed by atoms with Crippen molar-refractivity contribution in [1.82, 2.24) is 10.2 Å². The Morgan fingerprint density at radius 3 is 2.95 bits per heavy atom. The quantitative estimate of drug-likeness (QED) is 0.856. The van der Waals surface area contributed by atoms with E-state index in [1.807, 2.05) is 11.9 Å². The molecule has 1 aromatic carbocycles. The summed E-state index contributed by atoms with van der Waals surface area (Å²) in [6, 6.07) is 5.40. The van der Waals surface area contributed by atoms with Crippen LogP contribution in [-0.4, -0.2) is 42.1 Å². The Morgan fingerprint density at radius 1 is 1.37 bits per heavy atom. The summed E-state index contributed by atoms with van der Waals surface area (Å²) in [5, 5.41) is 13.1. The summed E-state index contributed by atoms with van der Waals surface area (Å²) in [4.78, 5) is 14.4. The topological polar surface area (TPSA) is 52.6 Å². The van der Waals surface area contributed by atoms with Crippen molar-refractivity contribution in [3.63, 3.8) is 0 Å². The monoisotopic (exact) mass is 262 g/mol. The van der Waals surface area contributed by atoms with Crippen molar-refractivity contribution in [2.24, 2.45) is 0 Å². The lowest BCUT2D eigenvalue weighted by Crippen LogP contribution is -2.37. The molecule has 0 aliphatic carbocycles. The van der Waals surface area contributed by atoms with Crippen molar-refractivity contribution < 1.29 is 9.90 Å². The molecule has 4 nitrogen and oxygen atoms in total. The van der Waals surface area contributed by atoms with Gasteiger partial charge in [0.1, 0.15) is 5.75 Å². The van der Waals surface area contributed by atoms with E-state index in [4.69, 9.17) is 0 Å². The Labute approximate surface area is 114 Å². The molecule has 1 amide bonds. The number of nitrogens with zero attached hydrogens (tertiary/aromatic N) is 1. The Kier molecular flexibility index (Phi) is 4.43. The van der Waals surface area contributed by atoms with Crippen LogP contribution in [0.2, 0.25) is 0 Å². The molecule has 0 aromatic heterocycles. The molecule has 1 heterocycles. The van der Waals surface area contributed by atoms with Crippen LogP contribution in [0.15, 0.2) is 18.2 Å². The predicted molar refractivity (Wildman–Crippen MR) is 75.4 cm³/mol. The van der Waals surface area contributed by atoms with Crippen molar-refractivity contribution in [1.29, 1.82) is 0 Å². The average Bonchev–Trinajstić information content (AvgIpc) is 2.69. The SMILES string of the molecule is Cc1c(O)cccc1C(=O)N(C)C1CCCNCC1. The van der Waals surface area contributed by atoms with Crippen molar-refractivity contribution >= 4 is 5.91 Å². The van der Waals surface area contributed by atoms with E-state index < -0.39 is 0 Å². The number of hydrogen-bond acceptors (Lipinski definition) is 3. The molecule has 19 heavy (non-hydrogen) atoms. The lowest BCUT2D eigenvalue weighted by atomic mass is 10.0.